The van der Waals surface area contributed by atoms with Gasteiger partial charge in [-0.1, -0.05) is 6.07 Å². The van der Waals surface area contributed by atoms with Gasteiger partial charge in [-0.05, 0) is 29.1 Å². The number of imide groups is 2. The lowest BCUT2D eigenvalue weighted by Crippen LogP contribution is -2.58. The summed E-state index contributed by atoms with van der Waals surface area (Å²) in [7, 11) is 0. The SMILES string of the molecule is O=C1CCN(N2C(=O)c3ccc(CN4CCN(c5ncnc6sccc56)CC4)cc3C2=O)C(=O)N1. The van der Waals surface area contributed by atoms with Crippen LogP contribution in [-0.4, -0.2) is 81.4 Å². The number of urea groups is 1. The lowest BCUT2D eigenvalue weighted by atomic mass is 10.1. The molecule has 3 aliphatic heterocycles. The molecule has 0 aliphatic carbocycles. The summed E-state index contributed by atoms with van der Waals surface area (Å²) in [5, 5.41) is 7.08. The maximum atomic E-state index is 13.0. The molecular weight excluding hydrogens is 470 g/mol. The largest absolute Gasteiger partial charge is 0.353 e. The molecule has 12 heteroatoms. The molecule has 0 atom stereocenters. The van der Waals surface area contributed by atoms with Crippen LogP contribution in [0.5, 0.6) is 0 Å². The van der Waals surface area contributed by atoms with Crippen LogP contribution in [0.2, 0.25) is 0 Å². The second-order valence-electron chi connectivity index (χ2n) is 8.63. The van der Waals surface area contributed by atoms with Crippen LogP contribution in [0.25, 0.3) is 10.2 Å². The molecule has 1 N–H and O–H groups in total. The van der Waals surface area contributed by atoms with Crippen LogP contribution in [0.1, 0.15) is 32.7 Å². The molecule has 1 aromatic carbocycles. The van der Waals surface area contributed by atoms with Crippen LogP contribution in [0.15, 0.2) is 36.0 Å². The Kier molecular flexibility index (Phi) is 5.19. The minimum Gasteiger partial charge on any atom is -0.353 e. The molecule has 35 heavy (non-hydrogen) atoms. The third-order valence-electron chi connectivity index (χ3n) is 6.52. The maximum Gasteiger partial charge on any atom is 0.343 e. The molecule has 0 spiro atoms. The number of thiophene rings is 1. The molecule has 2 fully saturated rings. The zero-order valence-corrected chi connectivity index (χ0v) is 19.5. The molecule has 11 nitrogen and oxygen atoms in total. The number of nitrogens with zero attached hydrogens (tertiary/aromatic N) is 6. The molecule has 0 unspecified atom stereocenters. The number of benzene rings is 1. The average Bonchev–Trinajstić information content (AvgIpc) is 3.43. The molecule has 3 aromatic rings. The highest BCUT2D eigenvalue weighted by atomic mass is 32.1. The van der Waals surface area contributed by atoms with Gasteiger partial charge in [-0.25, -0.2) is 19.8 Å². The summed E-state index contributed by atoms with van der Waals surface area (Å²) in [6.07, 6.45) is 1.64. The van der Waals surface area contributed by atoms with Gasteiger partial charge in [0.05, 0.1) is 23.1 Å². The third-order valence-corrected chi connectivity index (χ3v) is 7.34. The van der Waals surface area contributed by atoms with Crippen molar-refractivity contribution >= 4 is 51.1 Å². The van der Waals surface area contributed by atoms with E-state index in [0.29, 0.717) is 6.54 Å². The van der Waals surface area contributed by atoms with E-state index >= 15 is 0 Å². The molecule has 5 heterocycles. The van der Waals surface area contributed by atoms with Gasteiger partial charge in [-0.2, -0.15) is 5.01 Å². The molecule has 3 aliphatic rings. The van der Waals surface area contributed by atoms with Gasteiger partial charge in [0.15, 0.2) is 0 Å². The fourth-order valence-electron chi connectivity index (χ4n) is 4.74. The van der Waals surface area contributed by atoms with Crippen molar-refractivity contribution in [2.45, 2.75) is 13.0 Å². The second-order valence-corrected chi connectivity index (χ2v) is 9.52. The molecule has 2 aromatic heterocycles. The molecule has 0 radical (unpaired) electrons. The summed E-state index contributed by atoms with van der Waals surface area (Å²) in [5.41, 5.74) is 1.45. The fraction of sp³-hybridized carbons (Fsp3) is 0.304. The van der Waals surface area contributed by atoms with Gasteiger partial charge in [-0.15, -0.1) is 11.3 Å². The van der Waals surface area contributed by atoms with Crippen LogP contribution in [-0.2, 0) is 11.3 Å². The lowest BCUT2D eigenvalue weighted by molar-refractivity contribution is -0.122. The first-order valence-electron chi connectivity index (χ1n) is 11.3. The number of anilines is 1. The van der Waals surface area contributed by atoms with Gasteiger partial charge >= 0.3 is 6.03 Å². The minimum atomic E-state index is -0.766. The van der Waals surface area contributed by atoms with Crippen molar-refractivity contribution in [3.8, 4) is 0 Å². The smallest absolute Gasteiger partial charge is 0.343 e. The third kappa shape index (κ3) is 3.70. The summed E-state index contributed by atoms with van der Waals surface area (Å²) in [5.74, 6) is -0.574. The lowest BCUT2D eigenvalue weighted by Gasteiger charge is -2.35. The molecule has 2 saturated heterocycles. The van der Waals surface area contributed by atoms with Gasteiger partial charge in [0.2, 0.25) is 5.91 Å². The van der Waals surface area contributed by atoms with E-state index in [1.165, 1.54) is 0 Å². The highest BCUT2D eigenvalue weighted by molar-refractivity contribution is 7.16. The molecule has 0 saturated carbocycles. The van der Waals surface area contributed by atoms with Gasteiger partial charge in [-0.3, -0.25) is 24.6 Å². The first kappa shape index (κ1) is 21.6. The Morgan fingerprint density at radius 1 is 0.914 bits per heavy atom. The van der Waals surface area contributed by atoms with Crippen molar-refractivity contribution in [1.82, 2.24) is 30.2 Å². The van der Waals surface area contributed by atoms with Crippen molar-refractivity contribution in [1.29, 1.82) is 0 Å². The van der Waals surface area contributed by atoms with Crippen LogP contribution >= 0.6 is 11.3 Å². The summed E-state index contributed by atoms with van der Waals surface area (Å²) < 4.78 is 0. The molecule has 6 rings (SSSR count). The quantitative estimate of drug-likeness (QED) is 0.545. The summed E-state index contributed by atoms with van der Waals surface area (Å²) in [6, 6.07) is 6.51. The Labute approximate surface area is 203 Å². The summed E-state index contributed by atoms with van der Waals surface area (Å²) in [4.78, 5) is 63.9. The highest BCUT2D eigenvalue weighted by Crippen LogP contribution is 2.29. The predicted octanol–water partition coefficient (Wildman–Crippen LogP) is 1.47. The Morgan fingerprint density at radius 3 is 2.51 bits per heavy atom. The van der Waals surface area contributed by atoms with Crippen molar-refractivity contribution in [3.05, 3.63) is 52.7 Å². The van der Waals surface area contributed by atoms with Gasteiger partial charge in [0.25, 0.3) is 11.8 Å². The Morgan fingerprint density at radius 2 is 1.71 bits per heavy atom. The van der Waals surface area contributed by atoms with E-state index in [-0.39, 0.29) is 24.1 Å². The topological polar surface area (TPSA) is 119 Å². The van der Waals surface area contributed by atoms with Crippen LogP contribution < -0.4 is 10.2 Å². The van der Waals surface area contributed by atoms with Gasteiger partial charge in [0, 0.05) is 39.1 Å². The summed E-state index contributed by atoms with van der Waals surface area (Å²) >= 11 is 1.60. The Balaban J connectivity index is 1.14. The van der Waals surface area contributed by atoms with Crippen LogP contribution in [0.4, 0.5) is 10.6 Å². The van der Waals surface area contributed by atoms with Gasteiger partial charge < -0.3 is 4.90 Å². The number of rotatable bonds is 4. The van der Waals surface area contributed by atoms with E-state index in [4.69, 9.17) is 0 Å². The van der Waals surface area contributed by atoms with E-state index in [9.17, 15) is 19.2 Å². The Bertz CT molecular complexity index is 1380. The minimum absolute atomic E-state index is 0.0166. The number of aromatic nitrogens is 2. The maximum absolute atomic E-state index is 13.0. The number of piperazine rings is 1. The van der Waals surface area contributed by atoms with Crippen molar-refractivity contribution < 1.29 is 19.2 Å². The normalized spacial score (nSPS) is 19.0. The van der Waals surface area contributed by atoms with Crippen molar-refractivity contribution in [2.24, 2.45) is 0 Å². The van der Waals surface area contributed by atoms with E-state index < -0.39 is 23.8 Å². The first-order chi connectivity index (χ1) is 17.0. The number of carbonyl (C=O) groups excluding carboxylic acids is 4. The first-order valence-corrected chi connectivity index (χ1v) is 12.2. The van der Waals surface area contributed by atoms with Crippen molar-refractivity contribution in [2.75, 3.05) is 37.6 Å². The van der Waals surface area contributed by atoms with Gasteiger partial charge in [0.1, 0.15) is 17.0 Å². The molecule has 0 bridgehead atoms. The zero-order valence-electron chi connectivity index (χ0n) is 18.6. The van der Waals surface area contributed by atoms with Crippen LogP contribution in [0, 0.1) is 0 Å². The van der Waals surface area contributed by atoms with E-state index in [1.54, 1.807) is 29.8 Å². The number of hydrazine groups is 1. The van der Waals surface area contributed by atoms with Crippen molar-refractivity contribution in [3.63, 3.8) is 0 Å². The second kappa shape index (κ2) is 8.40. The monoisotopic (exact) mass is 491 g/mol. The van der Waals surface area contributed by atoms with E-state index in [0.717, 1.165) is 57.8 Å². The Hall–Kier alpha value is -3.90. The molecule has 5 amide bonds. The zero-order chi connectivity index (χ0) is 24.1. The average molecular weight is 492 g/mol. The highest BCUT2D eigenvalue weighted by Gasteiger charge is 2.43. The molecular formula is C23H21N7O4S. The predicted molar refractivity (Wildman–Crippen MR) is 127 cm³/mol. The van der Waals surface area contributed by atoms with E-state index in [1.807, 2.05) is 11.4 Å². The molecule has 178 valence electrons. The number of carbonyl (C=O) groups is 4. The number of hydrogen-bond acceptors (Lipinski definition) is 9. The fourth-order valence-corrected chi connectivity index (χ4v) is 5.47. The number of hydrogen-bond donors (Lipinski definition) is 1. The number of amides is 5. The number of fused-ring (bicyclic) bond motifs is 2. The summed E-state index contributed by atoms with van der Waals surface area (Å²) in [6.45, 7) is 3.92. The standard InChI is InChI=1S/C23H21N7O4S/c31-18-3-5-29(23(34)26-18)30-21(32)15-2-1-14(11-17(15)22(30)33)12-27-6-8-28(9-7-27)19-16-4-10-35-20(16)25-13-24-19/h1-2,4,10-11,13H,3,5-9,12H2,(H,26,31,34). The van der Waals surface area contributed by atoms with Crippen LogP contribution in [0.3, 0.4) is 0 Å². The number of nitrogens with one attached hydrogen (secondary N) is 1. The van der Waals surface area contributed by atoms with E-state index in [2.05, 4.69) is 31.2 Å².